The first-order chi connectivity index (χ1) is 8.00. The maximum Gasteiger partial charge on any atom is 0.270 e. The van der Waals surface area contributed by atoms with Gasteiger partial charge in [0, 0.05) is 19.1 Å². The van der Waals surface area contributed by atoms with E-state index >= 15 is 0 Å². The maximum atomic E-state index is 11.7. The Hall–Kier alpha value is -1.33. The predicted molar refractivity (Wildman–Crippen MR) is 76.0 cm³/mol. The molecule has 3 N–H and O–H groups in total. The molecule has 0 unspecified atom stereocenters. The third-order valence-corrected chi connectivity index (χ3v) is 2.63. The number of nitrogens with one attached hydrogen (secondary N) is 1. The Morgan fingerprint density at radius 2 is 2.17 bits per heavy atom. The molecule has 102 valence electrons. The number of amides is 1. The summed E-state index contributed by atoms with van der Waals surface area (Å²) in [6.45, 7) is 5.64. The molecule has 1 aromatic heterocycles. The van der Waals surface area contributed by atoms with Crippen molar-refractivity contribution in [1.29, 1.82) is 0 Å². The van der Waals surface area contributed by atoms with Crippen LogP contribution in [0, 0.1) is 0 Å². The lowest BCUT2D eigenvalue weighted by atomic mass is 10.3. The van der Waals surface area contributed by atoms with Crippen LogP contribution in [0.15, 0.2) is 18.2 Å². The third kappa shape index (κ3) is 5.33. The quantitative estimate of drug-likeness (QED) is 0.844. The molecule has 1 amide bonds. The topological polar surface area (TPSA) is 71.2 Å². The van der Waals surface area contributed by atoms with E-state index in [1.807, 2.05) is 7.05 Å². The van der Waals surface area contributed by atoms with Crippen molar-refractivity contribution in [2.75, 3.05) is 25.9 Å². The minimum atomic E-state index is -0.186. The van der Waals surface area contributed by atoms with E-state index in [0.29, 0.717) is 24.1 Å². The van der Waals surface area contributed by atoms with Crippen molar-refractivity contribution in [1.82, 2.24) is 15.2 Å². The van der Waals surface area contributed by atoms with E-state index in [4.69, 9.17) is 5.73 Å². The van der Waals surface area contributed by atoms with E-state index in [1.165, 1.54) is 0 Å². The van der Waals surface area contributed by atoms with E-state index in [-0.39, 0.29) is 18.3 Å². The predicted octanol–water partition coefficient (Wildman–Crippen LogP) is 1.16. The third-order valence-electron chi connectivity index (χ3n) is 2.63. The average molecular weight is 273 g/mol. The maximum absolute atomic E-state index is 11.7. The lowest BCUT2D eigenvalue weighted by molar-refractivity contribution is 0.0943. The second-order valence-electron chi connectivity index (χ2n) is 4.28. The van der Waals surface area contributed by atoms with Gasteiger partial charge in [-0.2, -0.15) is 0 Å². The van der Waals surface area contributed by atoms with Crippen LogP contribution in [0.4, 0.5) is 5.82 Å². The summed E-state index contributed by atoms with van der Waals surface area (Å²) in [5, 5.41) is 2.81. The summed E-state index contributed by atoms with van der Waals surface area (Å²) in [6.07, 6.45) is 0. The van der Waals surface area contributed by atoms with Crippen molar-refractivity contribution in [3.63, 3.8) is 0 Å². The summed E-state index contributed by atoms with van der Waals surface area (Å²) >= 11 is 0. The molecule has 0 aliphatic heterocycles. The summed E-state index contributed by atoms with van der Waals surface area (Å²) in [4.78, 5) is 17.8. The molecule has 1 aromatic rings. The molecule has 0 fully saturated rings. The first kappa shape index (κ1) is 16.7. The number of hydrogen-bond donors (Lipinski definition) is 2. The highest BCUT2D eigenvalue weighted by Crippen LogP contribution is 2.00. The smallest absolute Gasteiger partial charge is 0.270 e. The van der Waals surface area contributed by atoms with Gasteiger partial charge in [-0.15, -0.1) is 12.4 Å². The number of aromatic nitrogens is 1. The fraction of sp³-hybridized carbons (Fsp3) is 0.500. The SMILES string of the molecule is CC(C)N(C)CCNC(=O)c1cccc(N)n1.Cl. The minimum absolute atomic E-state index is 0. The van der Waals surface area contributed by atoms with Gasteiger partial charge in [-0.3, -0.25) is 4.79 Å². The molecular weight excluding hydrogens is 252 g/mol. The number of hydrogen-bond acceptors (Lipinski definition) is 4. The van der Waals surface area contributed by atoms with Crippen LogP contribution >= 0.6 is 12.4 Å². The molecule has 0 saturated carbocycles. The Morgan fingerprint density at radius 3 is 2.72 bits per heavy atom. The first-order valence-corrected chi connectivity index (χ1v) is 5.71. The number of nitrogens with two attached hydrogens (primary N) is 1. The zero-order valence-corrected chi connectivity index (χ0v) is 11.8. The van der Waals surface area contributed by atoms with Gasteiger partial charge in [0.2, 0.25) is 0 Å². The van der Waals surface area contributed by atoms with E-state index in [9.17, 15) is 4.79 Å². The van der Waals surface area contributed by atoms with Crippen LogP contribution in [0.25, 0.3) is 0 Å². The van der Waals surface area contributed by atoms with Crippen molar-refractivity contribution in [2.24, 2.45) is 0 Å². The van der Waals surface area contributed by atoms with Crippen LogP contribution in [-0.4, -0.2) is 42.0 Å². The summed E-state index contributed by atoms with van der Waals surface area (Å²) in [7, 11) is 2.02. The molecule has 0 spiro atoms. The number of carbonyl (C=O) groups excluding carboxylic acids is 1. The Labute approximate surface area is 114 Å². The number of rotatable bonds is 5. The van der Waals surface area contributed by atoms with E-state index in [2.05, 4.69) is 29.0 Å². The van der Waals surface area contributed by atoms with Crippen molar-refractivity contribution in [3.05, 3.63) is 23.9 Å². The standard InChI is InChI=1S/C12H20N4O.ClH/c1-9(2)16(3)8-7-14-12(17)10-5-4-6-11(13)15-10;/h4-6,9H,7-8H2,1-3H3,(H2,13,15)(H,14,17);1H. The van der Waals surface area contributed by atoms with Gasteiger partial charge in [-0.25, -0.2) is 4.98 Å². The molecule has 18 heavy (non-hydrogen) atoms. The van der Waals surface area contributed by atoms with Gasteiger partial charge in [-0.05, 0) is 33.0 Å². The summed E-state index contributed by atoms with van der Waals surface area (Å²) < 4.78 is 0. The summed E-state index contributed by atoms with van der Waals surface area (Å²) in [5.74, 6) is 0.173. The van der Waals surface area contributed by atoms with Crippen LogP contribution < -0.4 is 11.1 Å². The highest BCUT2D eigenvalue weighted by Gasteiger charge is 2.08. The van der Waals surface area contributed by atoms with Crippen LogP contribution in [-0.2, 0) is 0 Å². The van der Waals surface area contributed by atoms with Crippen molar-refractivity contribution in [3.8, 4) is 0 Å². The lowest BCUT2D eigenvalue weighted by Gasteiger charge is -2.20. The lowest BCUT2D eigenvalue weighted by Crippen LogP contribution is -2.36. The number of nitrogens with zero attached hydrogens (tertiary/aromatic N) is 2. The van der Waals surface area contributed by atoms with Crippen LogP contribution in [0.1, 0.15) is 24.3 Å². The van der Waals surface area contributed by atoms with Crippen molar-refractivity contribution >= 4 is 24.1 Å². The number of anilines is 1. The van der Waals surface area contributed by atoms with Gasteiger partial charge >= 0.3 is 0 Å². The number of pyridine rings is 1. The van der Waals surface area contributed by atoms with Gasteiger partial charge in [-0.1, -0.05) is 6.07 Å². The fourth-order valence-corrected chi connectivity index (χ4v) is 1.27. The number of likely N-dealkylation sites (N-methyl/N-ethyl adjacent to an activating group) is 1. The van der Waals surface area contributed by atoms with Gasteiger partial charge in [0.15, 0.2) is 0 Å². The van der Waals surface area contributed by atoms with Crippen LogP contribution in [0.5, 0.6) is 0 Å². The van der Waals surface area contributed by atoms with Crippen molar-refractivity contribution in [2.45, 2.75) is 19.9 Å². The molecule has 0 saturated heterocycles. The molecule has 1 heterocycles. The van der Waals surface area contributed by atoms with E-state index in [1.54, 1.807) is 18.2 Å². The molecular formula is C12H21ClN4O. The van der Waals surface area contributed by atoms with Gasteiger partial charge in [0.1, 0.15) is 11.5 Å². The van der Waals surface area contributed by atoms with E-state index < -0.39 is 0 Å². The highest BCUT2D eigenvalue weighted by atomic mass is 35.5. The van der Waals surface area contributed by atoms with Crippen LogP contribution in [0.3, 0.4) is 0 Å². The molecule has 1 rings (SSSR count). The second kappa shape index (κ2) is 7.89. The molecule has 0 aliphatic carbocycles. The fourth-order valence-electron chi connectivity index (χ4n) is 1.27. The minimum Gasteiger partial charge on any atom is -0.384 e. The zero-order valence-electron chi connectivity index (χ0n) is 11.0. The molecule has 0 aromatic carbocycles. The second-order valence-corrected chi connectivity index (χ2v) is 4.28. The Balaban J connectivity index is 0.00000289. The molecule has 0 radical (unpaired) electrons. The largest absolute Gasteiger partial charge is 0.384 e. The zero-order chi connectivity index (χ0) is 12.8. The van der Waals surface area contributed by atoms with Gasteiger partial charge in [0.05, 0.1) is 0 Å². The number of halogens is 1. The molecule has 0 atom stereocenters. The first-order valence-electron chi connectivity index (χ1n) is 5.71. The molecule has 6 heteroatoms. The average Bonchev–Trinajstić information content (AvgIpc) is 2.28. The molecule has 0 aliphatic rings. The molecule has 0 bridgehead atoms. The number of carbonyl (C=O) groups is 1. The summed E-state index contributed by atoms with van der Waals surface area (Å²) in [5.41, 5.74) is 5.87. The monoisotopic (exact) mass is 272 g/mol. The van der Waals surface area contributed by atoms with Gasteiger partial charge in [0.25, 0.3) is 5.91 Å². The molecule has 5 nitrogen and oxygen atoms in total. The normalized spacial score (nSPS) is 10.3. The van der Waals surface area contributed by atoms with Crippen molar-refractivity contribution < 1.29 is 4.79 Å². The Morgan fingerprint density at radius 1 is 1.50 bits per heavy atom. The Bertz CT molecular complexity index is 384. The Kier molecular flexibility index (Phi) is 7.31. The number of nitrogen functional groups attached to an aromatic ring is 1. The summed E-state index contributed by atoms with van der Waals surface area (Å²) in [6, 6.07) is 5.50. The highest BCUT2D eigenvalue weighted by molar-refractivity contribution is 5.92. The van der Waals surface area contributed by atoms with E-state index in [0.717, 1.165) is 6.54 Å². The van der Waals surface area contributed by atoms with Crippen LogP contribution in [0.2, 0.25) is 0 Å². The van der Waals surface area contributed by atoms with Gasteiger partial charge < -0.3 is 16.0 Å².